The van der Waals surface area contributed by atoms with Gasteiger partial charge in [0.2, 0.25) is 5.91 Å². The van der Waals surface area contributed by atoms with E-state index in [-0.39, 0.29) is 17.4 Å². The maximum atomic E-state index is 14.0. The van der Waals surface area contributed by atoms with E-state index in [1.54, 1.807) is 23.1 Å². The molecule has 0 N–H and O–H groups in total. The SMILES string of the molecule is O=C(CC[C@@H]1CCCN(C(=O)c2ccccc2F)C1)N1CCN(Cc2ccccc2)CC1. The topological polar surface area (TPSA) is 43.9 Å². The van der Waals surface area contributed by atoms with Crippen LogP contribution in [0, 0.1) is 11.7 Å². The first kappa shape index (κ1) is 22.5. The van der Waals surface area contributed by atoms with Crippen LogP contribution in [0.5, 0.6) is 0 Å². The summed E-state index contributed by atoms with van der Waals surface area (Å²) in [5.41, 5.74) is 1.44. The Labute approximate surface area is 189 Å². The van der Waals surface area contributed by atoms with Crippen molar-refractivity contribution in [1.82, 2.24) is 14.7 Å². The fourth-order valence-corrected chi connectivity index (χ4v) is 4.77. The predicted molar refractivity (Wildman–Crippen MR) is 123 cm³/mol. The lowest BCUT2D eigenvalue weighted by Gasteiger charge is -2.36. The fourth-order valence-electron chi connectivity index (χ4n) is 4.77. The Morgan fingerprint density at radius 2 is 1.59 bits per heavy atom. The van der Waals surface area contributed by atoms with Gasteiger partial charge >= 0.3 is 0 Å². The third kappa shape index (κ3) is 5.74. The molecule has 2 amide bonds. The van der Waals surface area contributed by atoms with Crippen LogP contribution < -0.4 is 0 Å². The third-order valence-electron chi connectivity index (χ3n) is 6.65. The average molecular weight is 438 g/mol. The van der Waals surface area contributed by atoms with Gasteiger partial charge in [-0.2, -0.15) is 0 Å². The van der Waals surface area contributed by atoms with Crippen molar-refractivity contribution in [2.24, 2.45) is 5.92 Å². The lowest BCUT2D eigenvalue weighted by Crippen LogP contribution is -2.48. The van der Waals surface area contributed by atoms with Crippen LogP contribution in [0.15, 0.2) is 54.6 Å². The second-order valence-corrected chi connectivity index (χ2v) is 8.92. The van der Waals surface area contributed by atoms with Crippen molar-refractivity contribution in [1.29, 1.82) is 0 Å². The van der Waals surface area contributed by atoms with Gasteiger partial charge in [0, 0.05) is 52.2 Å². The van der Waals surface area contributed by atoms with Crippen LogP contribution in [0.25, 0.3) is 0 Å². The molecule has 6 heteroatoms. The summed E-state index contributed by atoms with van der Waals surface area (Å²) in [5, 5.41) is 0. The molecule has 0 unspecified atom stereocenters. The summed E-state index contributed by atoms with van der Waals surface area (Å²) < 4.78 is 14.0. The lowest BCUT2D eigenvalue weighted by atomic mass is 9.92. The number of amides is 2. The molecule has 5 nitrogen and oxygen atoms in total. The van der Waals surface area contributed by atoms with E-state index >= 15 is 0 Å². The molecule has 0 radical (unpaired) electrons. The minimum absolute atomic E-state index is 0.137. The Hall–Kier alpha value is -2.73. The molecule has 2 fully saturated rings. The molecule has 1 atom stereocenters. The summed E-state index contributed by atoms with van der Waals surface area (Å²) in [6.45, 7) is 5.52. The number of hydrogen-bond acceptors (Lipinski definition) is 3. The van der Waals surface area contributed by atoms with Gasteiger partial charge in [-0.25, -0.2) is 4.39 Å². The number of halogens is 1. The molecule has 2 saturated heterocycles. The van der Waals surface area contributed by atoms with E-state index in [1.165, 1.54) is 11.6 Å². The summed E-state index contributed by atoms with van der Waals surface area (Å²) in [4.78, 5) is 31.6. The Morgan fingerprint density at radius 3 is 2.34 bits per heavy atom. The van der Waals surface area contributed by atoms with Gasteiger partial charge in [-0.3, -0.25) is 14.5 Å². The van der Waals surface area contributed by atoms with E-state index < -0.39 is 5.82 Å². The second-order valence-electron chi connectivity index (χ2n) is 8.92. The van der Waals surface area contributed by atoms with Gasteiger partial charge in [0.05, 0.1) is 5.56 Å². The number of rotatable bonds is 6. The van der Waals surface area contributed by atoms with Crippen LogP contribution in [0.4, 0.5) is 4.39 Å². The molecule has 32 heavy (non-hydrogen) atoms. The van der Waals surface area contributed by atoms with Crippen molar-refractivity contribution < 1.29 is 14.0 Å². The molecule has 0 aliphatic carbocycles. The van der Waals surface area contributed by atoms with Gasteiger partial charge in [-0.1, -0.05) is 42.5 Å². The highest BCUT2D eigenvalue weighted by Gasteiger charge is 2.27. The van der Waals surface area contributed by atoms with Gasteiger partial charge < -0.3 is 9.80 Å². The molecule has 0 bridgehead atoms. The molecular weight excluding hydrogens is 405 g/mol. The highest BCUT2D eigenvalue weighted by atomic mass is 19.1. The van der Waals surface area contributed by atoms with Gasteiger partial charge in [0.1, 0.15) is 5.82 Å². The Kier molecular flexibility index (Phi) is 7.53. The zero-order valence-corrected chi connectivity index (χ0v) is 18.6. The number of likely N-dealkylation sites (tertiary alicyclic amines) is 1. The van der Waals surface area contributed by atoms with Crippen LogP contribution in [0.1, 0.15) is 41.6 Å². The number of carbonyl (C=O) groups is 2. The van der Waals surface area contributed by atoms with Crippen molar-refractivity contribution in [3.05, 3.63) is 71.5 Å². The number of benzene rings is 2. The average Bonchev–Trinajstić information content (AvgIpc) is 2.84. The largest absolute Gasteiger partial charge is 0.340 e. The first-order valence-corrected chi connectivity index (χ1v) is 11.7. The lowest BCUT2D eigenvalue weighted by molar-refractivity contribution is -0.133. The van der Waals surface area contributed by atoms with Gasteiger partial charge in [0.25, 0.3) is 5.91 Å². The maximum absolute atomic E-state index is 14.0. The first-order chi connectivity index (χ1) is 15.6. The zero-order valence-electron chi connectivity index (χ0n) is 18.6. The van der Waals surface area contributed by atoms with Gasteiger partial charge in [-0.15, -0.1) is 0 Å². The van der Waals surface area contributed by atoms with Crippen LogP contribution in [-0.2, 0) is 11.3 Å². The van der Waals surface area contributed by atoms with E-state index in [0.717, 1.165) is 52.0 Å². The molecule has 0 saturated carbocycles. The predicted octanol–water partition coefficient (Wildman–Crippen LogP) is 3.80. The third-order valence-corrected chi connectivity index (χ3v) is 6.65. The number of piperidine rings is 1. The van der Waals surface area contributed by atoms with Crippen molar-refractivity contribution >= 4 is 11.8 Å². The maximum Gasteiger partial charge on any atom is 0.256 e. The molecular formula is C26H32FN3O2. The number of piperazine rings is 1. The van der Waals surface area contributed by atoms with Crippen LogP contribution in [-0.4, -0.2) is 65.8 Å². The van der Waals surface area contributed by atoms with Crippen molar-refractivity contribution in [2.45, 2.75) is 32.2 Å². The van der Waals surface area contributed by atoms with Crippen molar-refractivity contribution in [3.63, 3.8) is 0 Å². The summed E-state index contributed by atoms with van der Waals surface area (Å²) in [6.07, 6.45) is 3.21. The van der Waals surface area contributed by atoms with E-state index in [1.807, 2.05) is 11.0 Å². The molecule has 2 aliphatic rings. The smallest absolute Gasteiger partial charge is 0.256 e. The minimum Gasteiger partial charge on any atom is -0.340 e. The van der Waals surface area contributed by atoms with Crippen LogP contribution in [0.3, 0.4) is 0 Å². The Bertz CT molecular complexity index is 912. The molecule has 2 aliphatic heterocycles. The second kappa shape index (κ2) is 10.7. The molecule has 2 aromatic carbocycles. The number of carbonyl (C=O) groups excluding carboxylic acids is 2. The van der Waals surface area contributed by atoms with E-state index in [9.17, 15) is 14.0 Å². The Morgan fingerprint density at radius 1 is 0.875 bits per heavy atom. The van der Waals surface area contributed by atoms with Crippen molar-refractivity contribution in [2.75, 3.05) is 39.3 Å². The summed E-state index contributed by atoms with van der Waals surface area (Å²) >= 11 is 0. The number of nitrogens with zero attached hydrogens (tertiary/aromatic N) is 3. The number of hydrogen-bond donors (Lipinski definition) is 0. The normalized spacial score (nSPS) is 19.7. The zero-order chi connectivity index (χ0) is 22.3. The molecule has 0 aromatic heterocycles. The van der Waals surface area contributed by atoms with Gasteiger partial charge in [0.15, 0.2) is 0 Å². The monoisotopic (exact) mass is 437 g/mol. The Balaban J connectivity index is 1.21. The highest BCUT2D eigenvalue weighted by molar-refractivity contribution is 5.94. The molecule has 2 aromatic rings. The minimum atomic E-state index is -0.471. The standard InChI is InChI=1S/C26H32FN3O2/c27-24-11-5-4-10-23(24)26(32)30-14-6-9-22(20-30)12-13-25(31)29-17-15-28(16-18-29)19-21-7-2-1-3-8-21/h1-5,7-8,10-11,22H,6,9,12-20H2/t22-/m0/s1. The molecule has 4 rings (SSSR count). The van der Waals surface area contributed by atoms with E-state index in [0.29, 0.717) is 25.4 Å². The summed E-state index contributed by atoms with van der Waals surface area (Å²) in [5.74, 6) is -0.209. The molecule has 0 spiro atoms. The molecule has 170 valence electrons. The van der Waals surface area contributed by atoms with E-state index in [4.69, 9.17) is 0 Å². The van der Waals surface area contributed by atoms with Crippen molar-refractivity contribution in [3.8, 4) is 0 Å². The van der Waals surface area contributed by atoms with Gasteiger partial charge in [-0.05, 0) is 42.9 Å². The fraction of sp³-hybridized carbons (Fsp3) is 0.462. The summed E-state index contributed by atoms with van der Waals surface area (Å²) in [6, 6.07) is 16.6. The molecule has 2 heterocycles. The first-order valence-electron chi connectivity index (χ1n) is 11.7. The van der Waals surface area contributed by atoms with Crippen LogP contribution in [0.2, 0.25) is 0 Å². The highest BCUT2D eigenvalue weighted by Crippen LogP contribution is 2.24. The quantitative estimate of drug-likeness (QED) is 0.691. The van der Waals surface area contributed by atoms with Crippen LogP contribution >= 0.6 is 0 Å². The van der Waals surface area contributed by atoms with E-state index in [2.05, 4.69) is 29.2 Å². The summed E-state index contributed by atoms with van der Waals surface area (Å²) in [7, 11) is 0.